The molecule has 0 aliphatic carbocycles. The summed E-state index contributed by atoms with van der Waals surface area (Å²) < 4.78 is 17.0. The largest absolute Gasteiger partial charge is 0.462 e. The number of hydrogen-bond donors (Lipinski definition) is 0. The minimum Gasteiger partial charge on any atom is -0.462 e. The standard InChI is InChI=1S/C77H142O6/c1-4-7-10-13-16-19-21-23-25-27-29-31-32-33-34-35-36-37-38-39-40-41-42-43-44-46-47-49-51-53-55-58-61-64-67-70-76(79)82-73-74(72-81-75(78)69-66-63-60-57-18-15-12-9-6-3)83-77(80)71-68-65-62-59-56-54-52-50-48-45-30-28-26-24-22-20-17-14-11-8-5-2/h7,10,16,19,23,25,29,31,74H,4-6,8-9,11-15,17-18,20-22,24,26-28,30,32-73H2,1-3H3/b10-7-,19-16-,25-23-,31-29-. The lowest BCUT2D eigenvalue weighted by Crippen LogP contribution is -2.30. The number of carbonyl (C=O) groups excluding carboxylic acids is 3. The molecule has 0 N–H and O–H groups in total. The molecule has 0 aromatic heterocycles. The van der Waals surface area contributed by atoms with Gasteiger partial charge in [0.2, 0.25) is 0 Å². The van der Waals surface area contributed by atoms with E-state index in [2.05, 4.69) is 69.4 Å². The fourth-order valence-electron chi connectivity index (χ4n) is 11.3. The highest BCUT2D eigenvalue weighted by atomic mass is 16.6. The molecule has 0 aromatic carbocycles. The van der Waals surface area contributed by atoms with Crippen molar-refractivity contribution in [3.05, 3.63) is 48.6 Å². The Hall–Kier alpha value is -2.63. The van der Waals surface area contributed by atoms with Crippen LogP contribution in [0.1, 0.15) is 406 Å². The summed E-state index contributed by atoms with van der Waals surface area (Å²) in [5, 5.41) is 0. The van der Waals surface area contributed by atoms with Crippen molar-refractivity contribution < 1.29 is 28.6 Å². The maximum Gasteiger partial charge on any atom is 0.306 e. The Balaban J connectivity index is 4.00. The number of allylic oxidation sites excluding steroid dienone is 8. The topological polar surface area (TPSA) is 78.9 Å². The van der Waals surface area contributed by atoms with E-state index in [1.54, 1.807) is 0 Å². The minimum atomic E-state index is -0.766. The average Bonchev–Trinajstić information content (AvgIpc) is 3.49. The number of carbonyl (C=O) groups is 3. The first-order valence-corrected chi connectivity index (χ1v) is 37.1. The summed E-state index contributed by atoms with van der Waals surface area (Å²) in [4.78, 5) is 38.3. The molecule has 0 rings (SSSR count). The van der Waals surface area contributed by atoms with Gasteiger partial charge in [-0.05, 0) is 57.8 Å². The third-order valence-corrected chi connectivity index (χ3v) is 16.8. The first-order valence-electron chi connectivity index (χ1n) is 37.1. The van der Waals surface area contributed by atoms with Gasteiger partial charge in [-0.2, -0.15) is 0 Å². The zero-order valence-electron chi connectivity index (χ0n) is 56.0. The fraction of sp³-hybridized carbons (Fsp3) is 0.857. The van der Waals surface area contributed by atoms with Crippen molar-refractivity contribution in [2.24, 2.45) is 0 Å². The number of ether oxygens (including phenoxy) is 3. The first kappa shape index (κ1) is 80.4. The average molecular weight is 1160 g/mol. The van der Waals surface area contributed by atoms with Gasteiger partial charge in [-0.3, -0.25) is 14.4 Å². The van der Waals surface area contributed by atoms with E-state index >= 15 is 0 Å². The van der Waals surface area contributed by atoms with Crippen LogP contribution < -0.4 is 0 Å². The molecule has 0 saturated carbocycles. The van der Waals surface area contributed by atoms with Gasteiger partial charge in [0.05, 0.1) is 0 Å². The zero-order valence-corrected chi connectivity index (χ0v) is 56.0. The maximum atomic E-state index is 12.9. The molecular weight excluding hydrogens is 1020 g/mol. The van der Waals surface area contributed by atoms with Gasteiger partial charge < -0.3 is 14.2 Å². The lowest BCUT2D eigenvalue weighted by molar-refractivity contribution is -0.167. The van der Waals surface area contributed by atoms with E-state index in [0.29, 0.717) is 19.3 Å². The molecule has 1 atom stereocenters. The van der Waals surface area contributed by atoms with Crippen LogP contribution in [0.2, 0.25) is 0 Å². The summed E-state index contributed by atoms with van der Waals surface area (Å²) in [6, 6.07) is 0. The Kier molecular flexibility index (Phi) is 69.6. The van der Waals surface area contributed by atoms with Crippen LogP contribution in [-0.2, 0) is 28.6 Å². The van der Waals surface area contributed by atoms with Crippen LogP contribution in [0.5, 0.6) is 0 Å². The second-order valence-electron chi connectivity index (χ2n) is 25.2. The Morgan fingerprint density at radius 1 is 0.253 bits per heavy atom. The molecule has 0 bridgehead atoms. The van der Waals surface area contributed by atoms with Crippen molar-refractivity contribution in [3.8, 4) is 0 Å². The predicted octanol–water partition coefficient (Wildman–Crippen LogP) is 25.7. The molecule has 6 heteroatoms. The quantitative estimate of drug-likeness (QED) is 0.0261. The van der Waals surface area contributed by atoms with E-state index in [1.807, 2.05) is 0 Å². The van der Waals surface area contributed by atoms with Crippen LogP contribution >= 0.6 is 0 Å². The highest BCUT2D eigenvalue weighted by Crippen LogP contribution is 2.19. The summed E-state index contributed by atoms with van der Waals surface area (Å²) in [6.45, 7) is 6.58. The number of unbranched alkanes of at least 4 members (excludes halogenated alkanes) is 50. The van der Waals surface area contributed by atoms with Crippen molar-refractivity contribution in [2.75, 3.05) is 13.2 Å². The van der Waals surface area contributed by atoms with E-state index in [0.717, 1.165) is 83.5 Å². The third kappa shape index (κ3) is 70.0. The molecule has 0 fully saturated rings. The lowest BCUT2D eigenvalue weighted by Gasteiger charge is -2.18. The van der Waals surface area contributed by atoms with E-state index in [-0.39, 0.29) is 31.1 Å². The second-order valence-corrected chi connectivity index (χ2v) is 25.2. The highest BCUT2D eigenvalue weighted by molar-refractivity contribution is 5.71. The van der Waals surface area contributed by atoms with Gasteiger partial charge >= 0.3 is 17.9 Å². The van der Waals surface area contributed by atoms with Crippen molar-refractivity contribution in [1.29, 1.82) is 0 Å². The van der Waals surface area contributed by atoms with Crippen molar-refractivity contribution in [1.82, 2.24) is 0 Å². The summed E-state index contributed by atoms with van der Waals surface area (Å²) in [7, 11) is 0. The summed E-state index contributed by atoms with van der Waals surface area (Å²) in [6.07, 6.45) is 91.8. The smallest absolute Gasteiger partial charge is 0.306 e. The molecule has 0 saturated heterocycles. The van der Waals surface area contributed by atoms with Crippen LogP contribution in [0.25, 0.3) is 0 Å². The summed E-state index contributed by atoms with van der Waals surface area (Å²) in [5.74, 6) is -0.835. The van der Waals surface area contributed by atoms with Crippen LogP contribution in [-0.4, -0.2) is 37.2 Å². The Labute approximate surface area is 518 Å². The van der Waals surface area contributed by atoms with E-state index in [1.165, 1.54) is 283 Å². The number of rotatable bonds is 69. The maximum absolute atomic E-state index is 12.9. The van der Waals surface area contributed by atoms with Crippen LogP contribution in [0.3, 0.4) is 0 Å². The van der Waals surface area contributed by atoms with E-state index in [4.69, 9.17) is 14.2 Å². The molecule has 0 radical (unpaired) electrons. The molecule has 486 valence electrons. The van der Waals surface area contributed by atoms with Gasteiger partial charge in [0.1, 0.15) is 13.2 Å². The van der Waals surface area contributed by atoms with Gasteiger partial charge in [-0.25, -0.2) is 0 Å². The third-order valence-electron chi connectivity index (χ3n) is 16.8. The van der Waals surface area contributed by atoms with Crippen molar-refractivity contribution in [2.45, 2.75) is 412 Å². The molecule has 0 aliphatic heterocycles. The van der Waals surface area contributed by atoms with Crippen molar-refractivity contribution >= 4 is 17.9 Å². The summed E-state index contributed by atoms with van der Waals surface area (Å²) >= 11 is 0. The zero-order chi connectivity index (χ0) is 59.9. The molecular formula is C77H142O6. The Morgan fingerprint density at radius 3 is 0.735 bits per heavy atom. The second kappa shape index (κ2) is 71.8. The van der Waals surface area contributed by atoms with Crippen LogP contribution in [0.15, 0.2) is 48.6 Å². The van der Waals surface area contributed by atoms with Gasteiger partial charge in [0.15, 0.2) is 6.10 Å². The summed E-state index contributed by atoms with van der Waals surface area (Å²) in [5.41, 5.74) is 0. The molecule has 6 nitrogen and oxygen atoms in total. The number of esters is 3. The SMILES string of the molecule is CC/C=C\C/C=C\C/C=C\C/C=C\CCCCCCCCCCCCCCCCCCCCCCCCC(=O)OCC(COC(=O)CCCCCCCCCCC)OC(=O)CCCCCCCCCCCCCCCCCCCCCCC. The lowest BCUT2D eigenvalue weighted by atomic mass is 10.0. The van der Waals surface area contributed by atoms with Crippen LogP contribution in [0, 0.1) is 0 Å². The Morgan fingerprint density at radius 2 is 0.470 bits per heavy atom. The van der Waals surface area contributed by atoms with Gasteiger partial charge in [-0.15, -0.1) is 0 Å². The first-order chi connectivity index (χ1) is 41.0. The molecule has 0 amide bonds. The molecule has 0 spiro atoms. The fourth-order valence-corrected chi connectivity index (χ4v) is 11.3. The van der Waals surface area contributed by atoms with Gasteiger partial charge in [0.25, 0.3) is 0 Å². The molecule has 0 aliphatic rings. The molecule has 0 aromatic rings. The van der Waals surface area contributed by atoms with E-state index < -0.39 is 6.10 Å². The minimum absolute atomic E-state index is 0.0644. The normalized spacial score (nSPS) is 12.3. The molecule has 83 heavy (non-hydrogen) atoms. The molecule has 1 unspecified atom stereocenters. The monoisotopic (exact) mass is 1160 g/mol. The highest BCUT2D eigenvalue weighted by Gasteiger charge is 2.20. The van der Waals surface area contributed by atoms with Gasteiger partial charge in [-0.1, -0.05) is 378 Å². The predicted molar refractivity (Wildman–Crippen MR) is 362 cm³/mol. The Bertz CT molecular complexity index is 1430. The van der Waals surface area contributed by atoms with Gasteiger partial charge in [0, 0.05) is 19.3 Å². The van der Waals surface area contributed by atoms with Crippen LogP contribution in [0.4, 0.5) is 0 Å². The molecule has 0 heterocycles. The van der Waals surface area contributed by atoms with Crippen molar-refractivity contribution in [3.63, 3.8) is 0 Å². The number of hydrogen-bond acceptors (Lipinski definition) is 6. The van der Waals surface area contributed by atoms with E-state index in [9.17, 15) is 14.4 Å².